The minimum atomic E-state index is -3.47. The Morgan fingerprint density at radius 2 is 1.76 bits per heavy atom. The van der Waals surface area contributed by atoms with Gasteiger partial charge in [-0.05, 0) is 68.0 Å². The van der Waals surface area contributed by atoms with E-state index in [1.807, 2.05) is 44.2 Å². The van der Waals surface area contributed by atoms with Crippen LogP contribution in [0.3, 0.4) is 0 Å². The lowest BCUT2D eigenvalue weighted by molar-refractivity contribution is 0.0273. The summed E-state index contributed by atoms with van der Waals surface area (Å²) in [5.74, 6) is -0.131. The third-order valence-corrected chi connectivity index (χ3v) is 7.21. The molecule has 0 unspecified atom stereocenters. The number of rotatable bonds is 10. The monoisotopic (exact) mass is 472 g/mol. The third kappa shape index (κ3) is 7.57. The van der Waals surface area contributed by atoms with Crippen molar-refractivity contribution >= 4 is 21.6 Å². The predicted molar refractivity (Wildman–Crippen MR) is 133 cm³/mol. The number of ether oxygens (including phenoxy) is 1. The number of nitrogens with one attached hydrogen (secondary N) is 1. The molecule has 2 aromatic carbocycles. The number of amides is 1. The van der Waals surface area contributed by atoms with E-state index in [2.05, 4.69) is 5.32 Å². The first-order valence-corrected chi connectivity index (χ1v) is 13.6. The maximum absolute atomic E-state index is 12.5. The Balaban J connectivity index is 1.53. The van der Waals surface area contributed by atoms with Gasteiger partial charge >= 0.3 is 0 Å². The van der Waals surface area contributed by atoms with Crippen molar-refractivity contribution in [3.05, 3.63) is 64.7 Å². The van der Waals surface area contributed by atoms with Crippen LogP contribution in [-0.4, -0.2) is 39.8 Å². The highest BCUT2D eigenvalue weighted by Gasteiger charge is 2.20. The van der Waals surface area contributed by atoms with E-state index in [0.29, 0.717) is 30.5 Å². The molecule has 0 bridgehead atoms. The van der Waals surface area contributed by atoms with Crippen LogP contribution < -0.4 is 9.62 Å². The predicted octanol–water partition coefficient (Wildman–Crippen LogP) is 4.74. The van der Waals surface area contributed by atoms with Gasteiger partial charge in [-0.15, -0.1) is 0 Å². The normalized spacial score (nSPS) is 14.8. The molecule has 1 saturated carbocycles. The fourth-order valence-corrected chi connectivity index (χ4v) is 5.09. The average molecular weight is 473 g/mol. The molecule has 1 aliphatic rings. The summed E-state index contributed by atoms with van der Waals surface area (Å²) < 4.78 is 32.3. The quantitative estimate of drug-likeness (QED) is 0.507. The molecular formula is C26H36N2O4S. The van der Waals surface area contributed by atoms with Crippen molar-refractivity contribution < 1.29 is 17.9 Å². The van der Waals surface area contributed by atoms with Crippen LogP contribution in [0.5, 0.6) is 0 Å². The molecule has 3 rings (SSSR count). The molecule has 1 fully saturated rings. The average Bonchev–Trinajstić information content (AvgIpc) is 2.79. The largest absolute Gasteiger partial charge is 0.378 e. The molecule has 0 saturated heterocycles. The Morgan fingerprint density at radius 3 is 2.42 bits per heavy atom. The van der Waals surface area contributed by atoms with Gasteiger partial charge in [0.1, 0.15) is 0 Å². The first kappa shape index (κ1) is 25.2. The topological polar surface area (TPSA) is 75.7 Å². The van der Waals surface area contributed by atoms with Gasteiger partial charge in [0, 0.05) is 18.7 Å². The Hall–Kier alpha value is -2.38. The summed E-state index contributed by atoms with van der Waals surface area (Å²) in [6.07, 6.45) is 8.52. The van der Waals surface area contributed by atoms with Crippen molar-refractivity contribution in [2.24, 2.45) is 0 Å². The number of benzene rings is 2. The summed E-state index contributed by atoms with van der Waals surface area (Å²) in [5, 5.41) is 2.94. The first-order valence-electron chi connectivity index (χ1n) is 11.8. The maximum Gasteiger partial charge on any atom is 0.251 e. The summed E-state index contributed by atoms with van der Waals surface area (Å²) in [4.78, 5) is 12.4. The van der Waals surface area contributed by atoms with Crippen LogP contribution in [0.15, 0.2) is 42.5 Å². The van der Waals surface area contributed by atoms with Crippen LogP contribution in [-0.2, 0) is 21.3 Å². The van der Waals surface area contributed by atoms with Gasteiger partial charge in [0.25, 0.3) is 5.91 Å². The van der Waals surface area contributed by atoms with Crippen LogP contribution in [0.1, 0.15) is 65.6 Å². The highest BCUT2D eigenvalue weighted by Crippen LogP contribution is 2.26. The van der Waals surface area contributed by atoms with Crippen LogP contribution in [0.25, 0.3) is 0 Å². The molecule has 0 aromatic heterocycles. The van der Waals surface area contributed by atoms with Crippen molar-refractivity contribution in [1.82, 2.24) is 5.32 Å². The Bertz CT molecular complexity index is 1030. The molecule has 180 valence electrons. The molecule has 1 amide bonds. The molecule has 1 N–H and O–H groups in total. The van der Waals surface area contributed by atoms with Gasteiger partial charge < -0.3 is 10.1 Å². The second-order valence-electron chi connectivity index (χ2n) is 9.00. The lowest BCUT2D eigenvalue weighted by atomic mass is 9.98. The molecule has 0 radical (unpaired) electrons. The lowest BCUT2D eigenvalue weighted by Crippen LogP contribution is -2.30. The van der Waals surface area contributed by atoms with Crippen molar-refractivity contribution in [3.63, 3.8) is 0 Å². The van der Waals surface area contributed by atoms with Crippen molar-refractivity contribution in [1.29, 1.82) is 0 Å². The molecule has 33 heavy (non-hydrogen) atoms. The van der Waals surface area contributed by atoms with Crippen molar-refractivity contribution in [3.8, 4) is 0 Å². The summed E-state index contributed by atoms with van der Waals surface area (Å²) in [6, 6.07) is 12.9. The van der Waals surface area contributed by atoms with E-state index in [1.165, 1.54) is 29.8 Å². The lowest BCUT2D eigenvalue weighted by Gasteiger charge is -2.25. The Morgan fingerprint density at radius 1 is 1.06 bits per heavy atom. The van der Waals surface area contributed by atoms with E-state index in [1.54, 1.807) is 12.1 Å². The molecular weight excluding hydrogens is 436 g/mol. The summed E-state index contributed by atoms with van der Waals surface area (Å²) in [6.45, 7) is 5.30. The first-order chi connectivity index (χ1) is 15.7. The van der Waals surface area contributed by atoms with Gasteiger partial charge in [-0.3, -0.25) is 9.10 Å². The second-order valence-corrected chi connectivity index (χ2v) is 10.9. The Kier molecular flexibility index (Phi) is 8.92. The summed E-state index contributed by atoms with van der Waals surface area (Å²) in [5.41, 5.74) is 3.95. The number of sulfonamides is 1. The highest BCUT2D eigenvalue weighted by molar-refractivity contribution is 7.92. The molecule has 6 nitrogen and oxygen atoms in total. The van der Waals surface area contributed by atoms with E-state index in [4.69, 9.17) is 4.74 Å². The number of nitrogens with zero attached hydrogens (tertiary/aromatic N) is 1. The van der Waals surface area contributed by atoms with Gasteiger partial charge in [-0.2, -0.15) is 0 Å². The van der Waals surface area contributed by atoms with E-state index < -0.39 is 10.0 Å². The minimum absolute atomic E-state index is 0.131. The zero-order valence-corrected chi connectivity index (χ0v) is 20.8. The number of carbonyl (C=O) groups is 1. The van der Waals surface area contributed by atoms with Crippen LogP contribution in [0.4, 0.5) is 5.69 Å². The molecule has 0 spiro atoms. The van der Waals surface area contributed by atoms with Gasteiger partial charge in [-0.1, -0.05) is 43.5 Å². The highest BCUT2D eigenvalue weighted by atomic mass is 32.2. The van der Waals surface area contributed by atoms with Gasteiger partial charge in [0.15, 0.2) is 0 Å². The standard InChI is InChI=1S/C26H36N2O4S/c1-20-10-11-21(2)25(18-20)28(33(3,30)31)19-22-12-14-23(15-13-22)26(29)27-16-7-17-32-24-8-5-4-6-9-24/h10-15,18,24H,4-9,16-17,19H2,1-3H3,(H,27,29). The van der Waals surface area contributed by atoms with Crippen LogP contribution in [0, 0.1) is 13.8 Å². The van der Waals surface area contributed by atoms with E-state index in [0.717, 1.165) is 36.0 Å². The van der Waals surface area contributed by atoms with E-state index in [-0.39, 0.29) is 12.5 Å². The van der Waals surface area contributed by atoms with Gasteiger partial charge in [0.05, 0.1) is 24.6 Å². The molecule has 0 atom stereocenters. The molecule has 0 heterocycles. The number of aryl methyl sites for hydroxylation is 2. The molecule has 1 aliphatic carbocycles. The number of anilines is 1. The summed E-state index contributed by atoms with van der Waals surface area (Å²) in [7, 11) is -3.47. The van der Waals surface area contributed by atoms with Crippen LogP contribution >= 0.6 is 0 Å². The van der Waals surface area contributed by atoms with Crippen LogP contribution in [0.2, 0.25) is 0 Å². The zero-order chi connectivity index (χ0) is 23.8. The molecule has 0 aliphatic heterocycles. The molecule has 7 heteroatoms. The second kappa shape index (κ2) is 11.7. The maximum atomic E-state index is 12.5. The number of hydrogen-bond donors (Lipinski definition) is 1. The smallest absolute Gasteiger partial charge is 0.251 e. The van der Waals surface area contributed by atoms with E-state index in [9.17, 15) is 13.2 Å². The van der Waals surface area contributed by atoms with Crippen molar-refractivity contribution in [2.45, 2.75) is 65.0 Å². The fourth-order valence-electron chi connectivity index (χ4n) is 4.15. The van der Waals surface area contributed by atoms with Gasteiger partial charge in [0.2, 0.25) is 10.0 Å². The molecule has 2 aromatic rings. The van der Waals surface area contributed by atoms with E-state index >= 15 is 0 Å². The summed E-state index contributed by atoms with van der Waals surface area (Å²) >= 11 is 0. The minimum Gasteiger partial charge on any atom is -0.378 e. The van der Waals surface area contributed by atoms with Gasteiger partial charge in [-0.25, -0.2) is 8.42 Å². The zero-order valence-electron chi connectivity index (χ0n) is 20.0. The van der Waals surface area contributed by atoms with Crippen molar-refractivity contribution in [2.75, 3.05) is 23.7 Å². The number of carbonyl (C=O) groups excluding carboxylic acids is 1. The SMILES string of the molecule is Cc1ccc(C)c(N(Cc2ccc(C(=O)NCCCOC3CCCCC3)cc2)S(C)(=O)=O)c1. The third-order valence-electron chi connectivity index (χ3n) is 6.09. The Labute approximate surface area is 198 Å². The number of hydrogen-bond acceptors (Lipinski definition) is 4. The fraction of sp³-hybridized carbons (Fsp3) is 0.500.